The second-order valence-corrected chi connectivity index (χ2v) is 8.43. The maximum atomic E-state index is 12.8. The molecule has 0 bridgehead atoms. The molecule has 4 rings (SSSR count). The van der Waals surface area contributed by atoms with Gasteiger partial charge in [-0.05, 0) is 79.8 Å². The number of ether oxygens (including phenoxy) is 1. The van der Waals surface area contributed by atoms with Gasteiger partial charge in [-0.15, -0.1) is 0 Å². The summed E-state index contributed by atoms with van der Waals surface area (Å²) < 4.78 is 6.00. The van der Waals surface area contributed by atoms with Crippen LogP contribution < -0.4 is 15.0 Å². The molecule has 2 heterocycles. The largest absolute Gasteiger partial charge is 0.488 e. The van der Waals surface area contributed by atoms with Gasteiger partial charge in [-0.2, -0.15) is 0 Å². The van der Waals surface area contributed by atoms with Crippen LogP contribution in [0.2, 0.25) is 0 Å². The zero-order chi connectivity index (χ0) is 21.8. The molecule has 0 saturated carbocycles. The molecule has 160 valence electrons. The van der Waals surface area contributed by atoms with E-state index in [0.717, 1.165) is 47.1 Å². The van der Waals surface area contributed by atoms with Gasteiger partial charge < -0.3 is 15.0 Å². The number of hydrogen-bond acceptors (Lipinski definition) is 4. The Morgan fingerprint density at radius 1 is 1.16 bits per heavy atom. The number of aromatic nitrogens is 1. The van der Waals surface area contributed by atoms with Crippen molar-refractivity contribution >= 4 is 17.3 Å². The van der Waals surface area contributed by atoms with Gasteiger partial charge >= 0.3 is 0 Å². The number of rotatable bonds is 6. The second-order valence-electron chi connectivity index (χ2n) is 8.43. The molecule has 2 aromatic carbocycles. The van der Waals surface area contributed by atoms with Crippen LogP contribution >= 0.6 is 0 Å². The van der Waals surface area contributed by atoms with Gasteiger partial charge in [-0.3, -0.25) is 9.78 Å². The fourth-order valence-electron chi connectivity index (χ4n) is 4.08. The van der Waals surface area contributed by atoms with Gasteiger partial charge in [0.05, 0.1) is 0 Å². The molecule has 1 unspecified atom stereocenters. The number of amides is 1. The monoisotopic (exact) mass is 415 g/mol. The van der Waals surface area contributed by atoms with E-state index in [1.807, 2.05) is 50.2 Å². The van der Waals surface area contributed by atoms with E-state index in [4.69, 9.17) is 4.74 Å². The smallest absolute Gasteiger partial charge is 0.255 e. The zero-order valence-electron chi connectivity index (χ0n) is 18.4. The second kappa shape index (κ2) is 9.21. The molecule has 5 heteroatoms. The standard InChI is InChI=1S/C26H29N3O2/c1-18-10-12-29(16-18)24-8-6-23(7-9-24)28-26(30)22-13-19(2)25(20(3)14-22)31-17-21-5-4-11-27-15-21/h4-9,11,13-15,18H,10,12,16-17H2,1-3H3,(H,28,30). The number of carbonyl (C=O) groups excluding carboxylic acids is 1. The lowest BCUT2D eigenvalue weighted by Gasteiger charge is -2.18. The normalized spacial score (nSPS) is 15.7. The molecule has 0 aliphatic carbocycles. The van der Waals surface area contributed by atoms with E-state index in [1.54, 1.807) is 12.4 Å². The number of carbonyl (C=O) groups is 1. The number of benzene rings is 2. The summed E-state index contributed by atoms with van der Waals surface area (Å²) in [6.07, 6.45) is 4.77. The van der Waals surface area contributed by atoms with E-state index in [2.05, 4.69) is 34.3 Å². The number of aryl methyl sites for hydroxylation is 2. The Morgan fingerprint density at radius 2 is 1.90 bits per heavy atom. The molecule has 31 heavy (non-hydrogen) atoms. The lowest BCUT2D eigenvalue weighted by Crippen LogP contribution is -2.19. The first-order valence-electron chi connectivity index (χ1n) is 10.8. The highest BCUT2D eigenvalue weighted by Gasteiger charge is 2.19. The van der Waals surface area contributed by atoms with Crippen LogP contribution in [0.25, 0.3) is 0 Å². The van der Waals surface area contributed by atoms with E-state index < -0.39 is 0 Å². The van der Waals surface area contributed by atoms with Crippen LogP contribution in [0.3, 0.4) is 0 Å². The molecule has 1 fully saturated rings. The third-order valence-corrected chi connectivity index (χ3v) is 5.74. The quantitative estimate of drug-likeness (QED) is 0.588. The van der Waals surface area contributed by atoms with Gasteiger partial charge in [0.2, 0.25) is 0 Å². The molecule has 1 N–H and O–H groups in total. The Kier molecular flexibility index (Phi) is 6.21. The third-order valence-electron chi connectivity index (χ3n) is 5.74. The van der Waals surface area contributed by atoms with Gasteiger partial charge in [-0.1, -0.05) is 13.0 Å². The third kappa shape index (κ3) is 5.05. The van der Waals surface area contributed by atoms with Crippen molar-refractivity contribution in [3.05, 3.63) is 83.2 Å². The molecule has 1 aliphatic rings. The van der Waals surface area contributed by atoms with Crippen molar-refractivity contribution in [1.82, 2.24) is 4.98 Å². The summed E-state index contributed by atoms with van der Waals surface area (Å²) in [7, 11) is 0. The van der Waals surface area contributed by atoms with Crippen molar-refractivity contribution in [2.24, 2.45) is 5.92 Å². The molecular formula is C26H29N3O2. The lowest BCUT2D eigenvalue weighted by atomic mass is 10.0. The molecule has 1 atom stereocenters. The first kappa shape index (κ1) is 20.9. The van der Waals surface area contributed by atoms with Crippen LogP contribution in [0, 0.1) is 19.8 Å². The van der Waals surface area contributed by atoms with Crippen LogP contribution in [-0.2, 0) is 6.61 Å². The molecular weight excluding hydrogens is 386 g/mol. The predicted molar refractivity (Wildman–Crippen MR) is 125 cm³/mol. The maximum Gasteiger partial charge on any atom is 0.255 e. The topological polar surface area (TPSA) is 54.5 Å². The van der Waals surface area contributed by atoms with Crippen LogP contribution in [0.15, 0.2) is 60.9 Å². The van der Waals surface area contributed by atoms with Crippen molar-refractivity contribution < 1.29 is 9.53 Å². The van der Waals surface area contributed by atoms with E-state index in [9.17, 15) is 4.79 Å². The Morgan fingerprint density at radius 3 is 2.52 bits per heavy atom. The Bertz CT molecular complexity index is 1030. The minimum atomic E-state index is -0.118. The van der Waals surface area contributed by atoms with Crippen molar-refractivity contribution in [3.63, 3.8) is 0 Å². The minimum absolute atomic E-state index is 0.118. The molecule has 1 saturated heterocycles. The number of hydrogen-bond donors (Lipinski definition) is 1. The van der Waals surface area contributed by atoms with Crippen molar-refractivity contribution in [2.75, 3.05) is 23.3 Å². The van der Waals surface area contributed by atoms with Gasteiger partial charge in [0.15, 0.2) is 0 Å². The fraction of sp³-hybridized carbons (Fsp3) is 0.308. The average Bonchev–Trinajstić information content (AvgIpc) is 3.20. The van der Waals surface area contributed by atoms with Crippen LogP contribution in [0.5, 0.6) is 5.75 Å². The summed E-state index contributed by atoms with van der Waals surface area (Å²) in [6, 6.07) is 15.7. The summed E-state index contributed by atoms with van der Waals surface area (Å²) in [5.74, 6) is 1.43. The minimum Gasteiger partial charge on any atom is -0.488 e. The van der Waals surface area contributed by atoms with E-state index in [-0.39, 0.29) is 5.91 Å². The molecule has 1 amide bonds. The number of anilines is 2. The summed E-state index contributed by atoms with van der Waals surface area (Å²) in [4.78, 5) is 19.3. The summed E-state index contributed by atoms with van der Waals surface area (Å²) >= 11 is 0. The van der Waals surface area contributed by atoms with Crippen molar-refractivity contribution in [3.8, 4) is 5.75 Å². The van der Waals surface area contributed by atoms with Crippen LogP contribution in [-0.4, -0.2) is 24.0 Å². The highest BCUT2D eigenvalue weighted by molar-refractivity contribution is 6.04. The Labute approximate surface area is 184 Å². The maximum absolute atomic E-state index is 12.8. The van der Waals surface area contributed by atoms with Crippen molar-refractivity contribution in [2.45, 2.75) is 33.8 Å². The Balaban J connectivity index is 1.41. The SMILES string of the molecule is Cc1cc(C(=O)Nc2ccc(N3CCC(C)C3)cc2)cc(C)c1OCc1cccnc1. The molecule has 0 radical (unpaired) electrons. The molecule has 5 nitrogen and oxygen atoms in total. The van der Waals surface area contributed by atoms with E-state index in [1.165, 1.54) is 12.1 Å². The molecule has 1 aliphatic heterocycles. The van der Waals surface area contributed by atoms with E-state index in [0.29, 0.717) is 12.2 Å². The highest BCUT2D eigenvalue weighted by Crippen LogP contribution is 2.27. The fourth-order valence-corrected chi connectivity index (χ4v) is 4.08. The predicted octanol–water partition coefficient (Wildman–Crippen LogP) is 5.38. The number of nitrogens with one attached hydrogen (secondary N) is 1. The van der Waals surface area contributed by atoms with Crippen LogP contribution in [0.4, 0.5) is 11.4 Å². The summed E-state index contributed by atoms with van der Waals surface area (Å²) in [5, 5.41) is 3.01. The molecule has 3 aromatic rings. The van der Waals surface area contributed by atoms with Gasteiger partial charge in [0.1, 0.15) is 12.4 Å². The van der Waals surface area contributed by atoms with E-state index >= 15 is 0 Å². The van der Waals surface area contributed by atoms with Crippen LogP contribution in [0.1, 0.15) is 40.4 Å². The zero-order valence-corrected chi connectivity index (χ0v) is 18.4. The highest BCUT2D eigenvalue weighted by atomic mass is 16.5. The first-order valence-corrected chi connectivity index (χ1v) is 10.8. The van der Waals surface area contributed by atoms with Gasteiger partial charge in [0, 0.05) is 48.0 Å². The Hall–Kier alpha value is -3.34. The van der Waals surface area contributed by atoms with Crippen molar-refractivity contribution in [1.29, 1.82) is 0 Å². The van der Waals surface area contributed by atoms with Gasteiger partial charge in [-0.25, -0.2) is 0 Å². The summed E-state index contributed by atoms with van der Waals surface area (Å²) in [6.45, 7) is 8.86. The number of nitrogens with zero attached hydrogens (tertiary/aromatic N) is 2. The molecule has 0 spiro atoms. The first-order chi connectivity index (χ1) is 15.0. The average molecular weight is 416 g/mol. The van der Waals surface area contributed by atoms with Gasteiger partial charge in [0.25, 0.3) is 5.91 Å². The lowest BCUT2D eigenvalue weighted by molar-refractivity contribution is 0.102. The number of pyridine rings is 1. The summed E-state index contributed by atoms with van der Waals surface area (Å²) in [5.41, 5.74) is 5.52. The molecule has 1 aromatic heterocycles.